The van der Waals surface area contributed by atoms with Crippen LogP contribution in [0.4, 0.5) is 11.6 Å². The number of halogens is 2. The Balaban J connectivity index is 1.90. The Bertz CT molecular complexity index is 811. The summed E-state index contributed by atoms with van der Waals surface area (Å²) in [6.45, 7) is 0. The lowest BCUT2D eigenvalue weighted by Crippen LogP contribution is -2.12. The molecule has 1 aromatic heterocycles. The van der Waals surface area contributed by atoms with Crippen LogP contribution in [0.15, 0.2) is 53.0 Å². The molecule has 3 N–H and O–H groups in total. The van der Waals surface area contributed by atoms with Crippen molar-refractivity contribution in [2.45, 2.75) is 0 Å². The van der Waals surface area contributed by atoms with E-state index in [-0.39, 0.29) is 11.8 Å². The molecule has 0 aliphatic rings. The normalized spacial score (nSPS) is 10.3. The molecule has 0 radical (unpaired) electrons. The number of nitrogens with zero attached hydrogens (tertiary/aromatic N) is 3. The molecule has 3 rings (SSSR count). The Morgan fingerprint density at radius 3 is 2.43 bits per heavy atom. The zero-order valence-electron chi connectivity index (χ0n) is 11.7. The molecule has 0 aliphatic heterocycles. The van der Waals surface area contributed by atoms with Crippen LogP contribution in [-0.2, 0) is 0 Å². The number of anilines is 2. The molecule has 0 aliphatic carbocycles. The lowest BCUT2D eigenvalue weighted by Gasteiger charge is -2.10. The smallest absolute Gasteiger partial charge is 0.319 e. The molecule has 0 unspecified atom stereocenters. The number of aromatic nitrogens is 3. The highest BCUT2D eigenvalue weighted by Crippen LogP contribution is 2.33. The first-order valence-corrected chi connectivity index (χ1v) is 7.77. The van der Waals surface area contributed by atoms with Crippen LogP contribution in [0.1, 0.15) is 0 Å². The quantitative estimate of drug-likeness (QED) is 0.580. The van der Waals surface area contributed by atoms with Crippen LogP contribution in [0.25, 0.3) is 11.4 Å². The van der Waals surface area contributed by atoms with E-state index < -0.39 is 6.01 Å². The number of benzene rings is 2. The zero-order chi connectivity index (χ0) is 16.2. The molecule has 8 heteroatoms. The number of nitrogens with one attached hydrogen (secondary N) is 2. The molecule has 0 bridgehead atoms. The average Bonchev–Trinajstić information content (AvgIpc) is 2.53. The standard InChI is InChI=1S/C15H11BrClN5O/c16-10-7-4-8-11(17)12(10)13-18-14(20-15(23)19-13)22-21-9-5-2-1-3-6-9/h1-8,21H,(H2,18,19,20,22,23). The van der Waals surface area contributed by atoms with E-state index in [4.69, 9.17) is 11.6 Å². The van der Waals surface area contributed by atoms with E-state index in [2.05, 4.69) is 41.7 Å². The number of hydrogen-bond acceptors (Lipinski definition) is 6. The summed E-state index contributed by atoms with van der Waals surface area (Å²) < 4.78 is 0.720. The number of hydrazine groups is 1. The van der Waals surface area contributed by atoms with Crippen LogP contribution in [-0.4, -0.2) is 20.1 Å². The van der Waals surface area contributed by atoms with Crippen molar-refractivity contribution in [3.63, 3.8) is 0 Å². The molecule has 6 nitrogen and oxygen atoms in total. The largest absolute Gasteiger partial charge is 0.479 e. The van der Waals surface area contributed by atoms with Gasteiger partial charge in [-0.25, -0.2) is 0 Å². The van der Waals surface area contributed by atoms with E-state index in [1.807, 2.05) is 36.4 Å². The average molecular weight is 393 g/mol. The molecule has 0 fully saturated rings. The van der Waals surface area contributed by atoms with Gasteiger partial charge in [-0.05, 0) is 40.2 Å². The van der Waals surface area contributed by atoms with Gasteiger partial charge < -0.3 is 5.11 Å². The second kappa shape index (κ2) is 6.80. The van der Waals surface area contributed by atoms with Crippen LogP contribution in [0.3, 0.4) is 0 Å². The van der Waals surface area contributed by atoms with Crippen molar-refractivity contribution in [2.24, 2.45) is 0 Å². The molecule has 0 spiro atoms. The topological polar surface area (TPSA) is 83.0 Å². The van der Waals surface area contributed by atoms with E-state index in [9.17, 15) is 5.11 Å². The van der Waals surface area contributed by atoms with Crippen molar-refractivity contribution in [3.8, 4) is 17.4 Å². The highest BCUT2D eigenvalue weighted by atomic mass is 79.9. The van der Waals surface area contributed by atoms with Crippen molar-refractivity contribution in [2.75, 3.05) is 10.9 Å². The first-order valence-electron chi connectivity index (χ1n) is 6.60. The molecule has 2 aromatic carbocycles. The van der Waals surface area contributed by atoms with Gasteiger partial charge in [0.05, 0.1) is 16.3 Å². The number of rotatable bonds is 4. The molecular formula is C15H11BrClN5O. The Morgan fingerprint density at radius 1 is 0.913 bits per heavy atom. The Labute approximate surface area is 145 Å². The monoisotopic (exact) mass is 391 g/mol. The van der Waals surface area contributed by atoms with Crippen molar-refractivity contribution < 1.29 is 5.11 Å². The minimum atomic E-state index is -0.404. The highest BCUT2D eigenvalue weighted by Gasteiger charge is 2.14. The fraction of sp³-hybridized carbons (Fsp3) is 0. The van der Waals surface area contributed by atoms with Gasteiger partial charge in [0.2, 0.25) is 5.95 Å². The van der Waals surface area contributed by atoms with Gasteiger partial charge in [-0.3, -0.25) is 10.9 Å². The van der Waals surface area contributed by atoms with Gasteiger partial charge in [0.25, 0.3) is 0 Å². The van der Waals surface area contributed by atoms with Crippen LogP contribution in [0.2, 0.25) is 5.02 Å². The number of aromatic hydroxyl groups is 1. The second-order valence-electron chi connectivity index (χ2n) is 4.50. The third-order valence-electron chi connectivity index (χ3n) is 2.90. The molecule has 0 amide bonds. The summed E-state index contributed by atoms with van der Waals surface area (Å²) in [5.74, 6) is 0.426. The molecule has 3 aromatic rings. The van der Waals surface area contributed by atoms with Gasteiger partial charge in [-0.1, -0.05) is 35.9 Å². The molecule has 0 atom stereocenters. The first kappa shape index (κ1) is 15.5. The summed E-state index contributed by atoms with van der Waals surface area (Å²) in [7, 11) is 0. The highest BCUT2D eigenvalue weighted by molar-refractivity contribution is 9.10. The fourth-order valence-electron chi connectivity index (χ4n) is 1.89. The van der Waals surface area contributed by atoms with Crippen molar-refractivity contribution in [1.82, 2.24) is 15.0 Å². The Hall–Kier alpha value is -2.38. The summed E-state index contributed by atoms with van der Waals surface area (Å²) in [5, 5.41) is 10.2. The molecule has 1 heterocycles. The van der Waals surface area contributed by atoms with E-state index in [1.54, 1.807) is 12.1 Å². The zero-order valence-corrected chi connectivity index (χ0v) is 14.0. The minimum absolute atomic E-state index is 0.170. The van der Waals surface area contributed by atoms with E-state index in [0.29, 0.717) is 10.6 Å². The van der Waals surface area contributed by atoms with E-state index >= 15 is 0 Å². The van der Waals surface area contributed by atoms with Crippen LogP contribution in [0.5, 0.6) is 6.01 Å². The lowest BCUT2D eigenvalue weighted by atomic mass is 10.2. The molecule has 0 saturated heterocycles. The third kappa shape index (κ3) is 3.69. The number of hydrogen-bond donors (Lipinski definition) is 3. The third-order valence-corrected chi connectivity index (χ3v) is 3.88. The summed E-state index contributed by atoms with van der Waals surface area (Å²) in [5.41, 5.74) is 7.16. The minimum Gasteiger partial charge on any atom is -0.479 e. The fourth-order valence-corrected chi connectivity index (χ4v) is 2.81. The lowest BCUT2D eigenvalue weighted by molar-refractivity contribution is 0.430. The predicted octanol–water partition coefficient (Wildman–Crippen LogP) is 4.10. The van der Waals surface area contributed by atoms with Gasteiger partial charge in [0, 0.05) is 4.47 Å². The predicted molar refractivity (Wildman–Crippen MR) is 93.3 cm³/mol. The van der Waals surface area contributed by atoms with Crippen molar-refractivity contribution >= 4 is 39.2 Å². The van der Waals surface area contributed by atoms with Gasteiger partial charge >= 0.3 is 6.01 Å². The molecular weight excluding hydrogens is 382 g/mol. The Kier molecular flexibility index (Phi) is 4.59. The van der Waals surface area contributed by atoms with Gasteiger partial charge in [-0.2, -0.15) is 15.0 Å². The maximum Gasteiger partial charge on any atom is 0.319 e. The summed E-state index contributed by atoms with van der Waals surface area (Å²) in [6, 6.07) is 14.4. The summed E-state index contributed by atoms with van der Waals surface area (Å²) in [4.78, 5) is 12.0. The van der Waals surface area contributed by atoms with E-state index in [1.165, 1.54) is 0 Å². The molecule has 116 valence electrons. The summed E-state index contributed by atoms with van der Waals surface area (Å²) >= 11 is 9.60. The van der Waals surface area contributed by atoms with Gasteiger partial charge in [0.15, 0.2) is 5.82 Å². The SMILES string of the molecule is Oc1nc(NNc2ccccc2)nc(-c2c(Cl)cccc2Br)n1. The van der Waals surface area contributed by atoms with Crippen molar-refractivity contribution in [3.05, 3.63) is 58.0 Å². The summed E-state index contributed by atoms with van der Waals surface area (Å²) in [6.07, 6.45) is 0. The molecule has 23 heavy (non-hydrogen) atoms. The van der Waals surface area contributed by atoms with E-state index in [0.717, 1.165) is 10.2 Å². The number of para-hydroxylation sites is 1. The maximum atomic E-state index is 9.75. The van der Waals surface area contributed by atoms with Gasteiger partial charge in [0.1, 0.15) is 0 Å². The first-order chi connectivity index (χ1) is 11.1. The van der Waals surface area contributed by atoms with Crippen molar-refractivity contribution in [1.29, 1.82) is 0 Å². The van der Waals surface area contributed by atoms with Gasteiger partial charge in [-0.15, -0.1) is 0 Å². The van der Waals surface area contributed by atoms with Crippen LogP contribution < -0.4 is 10.9 Å². The maximum absolute atomic E-state index is 9.75. The Morgan fingerprint density at radius 2 is 1.70 bits per heavy atom. The van der Waals surface area contributed by atoms with Crippen LogP contribution in [0, 0.1) is 0 Å². The van der Waals surface area contributed by atoms with Crippen LogP contribution >= 0.6 is 27.5 Å². The second-order valence-corrected chi connectivity index (χ2v) is 5.76. The molecule has 0 saturated carbocycles.